The number of nitrogens with zero attached hydrogens (tertiary/aromatic N) is 1. The Morgan fingerprint density at radius 1 is 1.14 bits per heavy atom. The van der Waals surface area contributed by atoms with E-state index < -0.39 is 0 Å². The van der Waals surface area contributed by atoms with Crippen molar-refractivity contribution < 1.29 is 4.79 Å². The standard InChI is InChI=1S/C19H27NO/c1-14-9-10-17(15(2)12-14)19(21)13-20-11-5-8-18(20)16-6-3-4-7-16/h9-10,12,16,18H,3-8,11,13H2,1-2H3. The molecule has 1 heterocycles. The highest BCUT2D eigenvalue weighted by atomic mass is 16.1. The minimum Gasteiger partial charge on any atom is -0.293 e. The van der Waals surface area contributed by atoms with Crippen LogP contribution in [0.1, 0.15) is 60.0 Å². The summed E-state index contributed by atoms with van der Waals surface area (Å²) in [6.45, 7) is 5.86. The first-order chi connectivity index (χ1) is 10.1. The summed E-state index contributed by atoms with van der Waals surface area (Å²) in [4.78, 5) is 15.1. The quantitative estimate of drug-likeness (QED) is 0.775. The van der Waals surface area contributed by atoms with E-state index in [2.05, 4.69) is 30.9 Å². The maximum absolute atomic E-state index is 12.7. The van der Waals surface area contributed by atoms with Gasteiger partial charge in [0.25, 0.3) is 0 Å². The van der Waals surface area contributed by atoms with Gasteiger partial charge in [-0.05, 0) is 57.6 Å². The maximum atomic E-state index is 12.7. The molecule has 1 aliphatic carbocycles. The Labute approximate surface area is 128 Å². The van der Waals surface area contributed by atoms with Crippen molar-refractivity contribution >= 4 is 5.78 Å². The molecule has 1 aromatic rings. The van der Waals surface area contributed by atoms with Gasteiger partial charge < -0.3 is 0 Å². The fraction of sp³-hybridized carbons (Fsp3) is 0.632. The molecular formula is C19H27NO. The Morgan fingerprint density at radius 3 is 2.62 bits per heavy atom. The molecule has 1 unspecified atom stereocenters. The summed E-state index contributed by atoms with van der Waals surface area (Å²) in [5, 5.41) is 0. The fourth-order valence-electron chi connectivity index (χ4n) is 4.32. The van der Waals surface area contributed by atoms with Gasteiger partial charge in [-0.15, -0.1) is 0 Å². The summed E-state index contributed by atoms with van der Waals surface area (Å²) in [6.07, 6.45) is 8.09. The van der Waals surface area contributed by atoms with Crippen LogP contribution in [0.4, 0.5) is 0 Å². The molecule has 0 bridgehead atoms. The molecule has 1 atom stereocenters. The third kappa shape index (κ3) is 3.21. The van der Waals surface area contributed by atoms with Gasteiger partial charge in [0.15, 0.2) is 5.78 Å². The topological polar surface area (TPSA) is 20.3 Å². The average molecular weight is 285 g/mol. The summed E-state index contributed by atoms with van der Waals surface area (Å²) in [5.74, 6) is 1.15. The number of Topliss-reactive ketones (excluding diaryl/α,β-unsaturated/α-hetero) is 1. The molecule has 0 N–H and O–H groups in total. The lowest BCUT2D eigenvalue weighted by molar-refractivity contribution is 0.0895. The molecule has 0 aromatic heterocycles. The molecule has 0 amide bonds. The van der Waals surface area contributed by atoms with Crippen molar-refractivity contribution in [3.05, 3.63) is 34.9 Å². The van der Waals surface area contributed by atoms with Crippen molar-refractivity contribution in [1.82, 2.24) is 4.90 Å². The van der Waals surface area contributed by atoms with Gasteiger partial charge in [-0.3, -0.25) is 9.69 Å². The summed E-state index contributed by atoms with van der Waals surface area (Å²) in [7, 11) is 0. The second kappa shape index (κ2) is 6.31. The van der Waals surface area contributed by atoms with Crippen LogP contribution in [-0.2, 0) is 0 Å². The zero-order chi connectivity index (χ0) is 14.8. The zero-order valence-electron chi connectivity index (χ0n) is 13.4. The van der Waals surface area contributed by atoms with Crippen LogP contribution in [0.2, 0.25) is 0 Å². The molecule has 2 fully saturated rings. The molecule has 2 heteroatoms. The lowest BCUT2D eigenvalue weighted by Gasteiger charge is -2.28. The molecule has 1 aromatic carbocycles. The Kier molecular flexibility index (Phi) is 4.44. The van der Waals surface area contributed by atoms with Gasteiger partial charge in [-0.2, -0.15) is 0 Å². The van der Waals surface area contributed by atoms with E-state index in [4.69, 9.17) is 0 Å². The first kappa shape index (κ1) is 14.8. The Balaban J connectivity index is 1.68. The second-order valence-corrected chi connectivity index (χ2v) is 6.97. The Morgan fingerprint density at radius 2 is 1.90 bits per heavy atom. The number of benzene rings is 1. The van der Waals surface area contributed by atoms with Crippen molar-refractivity contribution in [3.63, 3.8) is 0 Å². The predicted octanol–water partition coefficient (Wildman–Crippen LogP) is 4.14. The predicted molar refractivity (Wildman–Crippen MR) is 86.8 cm³/mol. The number of hydrogen-bond donors (Lipinski definition) is 0. The van der Waals surface area contributed by atoms with Gasteiger partial charge in [-0.25, -0.2) is 0 Å². The van der Waals surface area contributed by atoms with E-state index in [1.807, 2.05) is 6.07 Å². The first-order valence-electron chi connectivity index (χ1n) is 8.49. The van der Waals surface area contributed by atoms with E-state index in [1.54, 1.807) is 0 Å². The normalized spacial score (nSPS) is 23.8. The van der Waals surface area contributed by atoms with E-state index in [-0.39, 0.29) is 0 Å². The monoisotopic (exact) mass is 285 g/mol. The molecule has 114 valence electrons. The van der Waals surface area contributed by atoms with E-state index in [9.17, 15) is 4.79 Å². The summed E-state index contributed by atoms with van der Waals surface area (Å²) >= 11 is 0. The number of likely N-dealkylation sites (tertiary alicyclic amines) is 1. The van der Waals surface area contributed by atoms with Crippen LogP contribution < -0.4 is 0 Å². The highest BCUT2D eigenvalue weighted by molar-refractivity contribution is 5.99. The van der Waals surface area contributed by atoms with E-state index in [0.29, 0.717) is 18.4 Å². The molecule has 2 nitrogen and oxygen atoms in total. The molecule has 2 aliphatic rings. The smallest absolute Gasteiger partial charge is 0.177 e. The van der Waals surface area contributed by atoms with Crippen molar-refractivity contribution in [1.29, 1.82) is 0 Å². The molecule has 21 heavy (non-hydrogen) atoms. The number of aryl methyl sites for hydroxylation is 2. The van der Waals surface area contributed by atoms with Crippen molar-refractivity contribution in [2.75, 3.05) is 13.1 Å². The van der Waals surface area contributed by atoms with Crippen LogP contribution in [-0.4, -0.2) is 29.8 Å². The largest absolute Gasteiger partial charge is 0.293 e. The highest BCUT2D eigenvalue weighted by Crippen LogP contribution is 2.35. The fourth-order valence-corrected chi connectivity index (χ4v) is 4.32. The SMILES string of the molecule is Cc1ccc(C(=O)CN2CCCC2C2CCCC2)c(C)c1. The second-order valence-electron chi connectivity index (χ2n) is 6.97. The lowest BCUT2D eigenvalue weighted by atomic mass is 9.95. The number of hydrogen-bond acceptors (Lipinski definition) is 2. The van der Waals surface area contributed by atoms with Crippen LogP contribution in [0, 0.1) is 19.8 Å². The minimum atomic E-state index is 0.303. The summed E-state index contributed by atoms with van der Waals surface area (Å²) < 4.78 is 0. The number of carbonyl (C=O) groups is 1. The third-order valence-electron chi connectivity index (χ3n) is 5.39. The van der Waals surface area contributed by atoms with Crippen LogP contribution in [0.15, 0.2) is 18.2 Å². The maximum Gasteiger partial charge on any atom is 0.177 e. The lowest BCUT2D eigenvalue weighted by Crippen LogP contribution is -2.38. The van der Waals surface area contributed by atoms with Gasteiger partial charge in [0.2, 0.25) is 0 Å². The first-order valence-corrected chi connectivity index (χ1v) is 8.49. The van der Waals surface area contributed by atoms with E-state index in [0.717, 1.165) is 23.6 Å². The summed E-state index contributed by atoms with van der Waals surface area (Å²) in [6, 6.07) is 6.85. The van der Waals surface area contributed by atoms with Crippen LogP contribution in [0.25, 0.3) is 0 Å². The zero-order valence-corrected chi connectivity index (χ0v) is 13.4. The van der Waals surface area contributed by atoms with Crippen LogP contribution in [0.3, 0.4) is 0 Å². The van der Waals surface area contributed by atoms with Gasteiger partial charge >= 0.3 is 0 Å². The summed E-state index contributed by atoms with van der Waals surface area (Å²) in [5.41, 5.74) is 3.27. The molecule has 1 saturated heterocycles. The average Bonchev–Trinajstić information content (AvgIpc) is 3.08. The van der Waals surface area contributed by atoms with Crippen LogP contribution in [0.5, 0.6) is 0 Å². The van der Waals surface area contributed by atoms with E-state index >= 15 is 0 Å². The molecule has 0 spiro atoms. The molecule has 0 radical (unpaired) electrons. The van der Waals surface area contributed by atoms with Crippen molar-refractivity contribution in [2.45, 2.75) is 58.4 Å². The van der Waals surface area contributed by atoms with Crippen molar-refractivity contribution in [3.8, 4) is 0 Å². The van der Waals surface area contributed by atoms with Crippen LogP contribution >= 0.6 is 0 Å². The van der Waals surface area contributed by atoms with Gasteiger partial charge in [-0.1, -0.05) is 36.6 Å². The van der Waals surface area contributed by atoms with Gasteiger partial charge in [0, 0.05) is 11.6 Å². The van der Waals surface area contributed by atoms with Gasteiger partial charge in [0.05, 0.1) is 6.54 Å². The molecule has 1 saturated carbocycles. The molecule has 1 aliphatic heterocycles. The highest BCUT2D eigenvalue weighted by Gasteiger charge is 2.34. The number of rotatable bonds is 4. The van der Waals surface area contributed by atoms with Crippen molar-refractivity contribution in [2.24, 2.45) is 5.92 Å². The molecular weight excluding hydrogens is 258 g/mol. The molecule has 3 rings (SSSR count). The third-order valence-corrected chi connectivity index (χ3v) is 5.39. The number of carbonyl (C=O) groups excluding carboxylic acids is 1. The minimum absolute atomic E-state index is 0.303. The Hall–Kier alpha value is -1.15. The van der Waals surface area contributed by atoms with E-state index in [1.165, 1.54) is 44.1 Å². The van der Waals surface area contributed by atoms with Gasteiger partial charge in [0.1, 0.15) is 0 Å². The number of ketones is 1. The Bertz CT molecular complexity index is 516.